The Morgan fingerprint density at radius 1 is 0.625 bits per heavy atom. The van der Waals surface area contributed by atoms with Gasteiger partial charge in [-0.15, -0.1) is 0 Å². The number of phenolic OH excluding ortho intramolecular Hbond substituents is 2. The van der Waals surface area contributed by atoms with Crippen LogP contribution in [0.4, 0.5) is 0 Å². The lowest BCUT2D eigenvalue weighted by Gasteiger charge is -2.11. The van der Waals surface area contributed by atoms with Crippen LogP contribution in [0.2, 0.25) is 0 Å². The minimum absolute atomic E-state index is 0.168. The Labute approximate surface area is 93.2 Å². The summed E-state index contributed by atoms with van der Waals surface area (Å²) in [4.78, 5) is 0. The Morgan fingerprint density at radius 2 is 0.938 bits per heavy atom. The van der Waals surface area contributed by atoms with Crippen molar-refractivity contribution in [1.29, 1.82) is 0 Å². The van der Waals surface area contributed by atoms with Gasteiger partial charge >= 0.3 is 0 Å². The molecule has 16 heavy (non-hydrogen) atoms. The van der Waals surface area contributed by atoms with Crippen molar-refractivity contribution >= 4 is 0 Å². The van der Waals surface area contributed by atoms with Gasteiger partial charge in [0, 0.05) is 0 Å². The number of rotatable bonds is 2. The average Bonchev–Trinajstić information content (AvgIpc) is 2.30. The van der Waals surface area contributed by atoms with Gasteiger partial charge in [-0.05, 0) is 35.4 Å². The van der Waals surface area contributed by atoms with Crippen LogP contribution in [0.5, 0.6) is 11.5 Å². The molecule has 0 spiro atoms. The molecular weight excluding hydrogens is 204 g/mol. The Bertz CT molecular complexity index is 414. The lowest BCUT2D eigenvalue weighted by Crippen LogP contribution is -1.98. The van der Waals surface area contributed by atoms with E-state index in [4.69, 9.17) is 10.2 Å². The van der Waals surface area contributed by atoms with Gasteiger partial charge in [-0.1, -0.05) is 24.3 Å². The topological polar surface area (TPSA) is 60.7 Å². The van der Waals surface area contributed by atoms with E-state index in [9.17, 15) is 5.11 Å². The first-order valence-corrected chi connectivity index (χ1v) is 4.93. The molecule has 0 heterocycles. The molecule has 2 rings (SSSR count). The van der Waals surface area contributed by atoms with E-state index in [1.807, 2.05) is 0 Å². The van der Waals surface area contributed by atoms with Crippen molar-refractivity contribution in [3.8, 4) is 11.5 Å². The van der Waals surface area contributed by atoms with E-state index in [1.54, 1.807) is 24.3 Å². The Balaban J connectivity index is 2.28. The van der Waals surface area contributed by atoms with E-state index >= 15 is 0 Å². The van der Waals surface area contributed by atoms with Crippen molar-refractivity contribution < 1.29 is 15.3 Å². The van der Waals surface area contributed by atoms with Crippen molar-refractivity contribution in [3.05, 3.63) is 59.7 Å². The number of hydrogen-bond donors (Lipinski definition) is 3. The minimum Gasteiger partial charge on any atom is -0.508 e. The number of hydrogen-bond acceptors (Lipinski definition) is 3. The smallest absolute Gasteiger partial charge is 0.115 e. The zero-order chi connectivity index (χ0) is 11.5. The normalized spacial score (nSPS) is 10.6. The maximum absolute atomic E-state index is 10.0. The predicted octanol–water partition coefficient (Wildman–Crippen LogP) is 2.18. The summed E-state index contributed by atoms with van der Waals surface area (Å²) in [6.07, 6.45) is -0.749. The summed E-state index contributed by atoms with van der Waals surface area (Å²) in [7, 11) is 0. The minimum atomic E-state index is -0.749. The highest BCUT2D eigenvalue weighted by atomic mass is 16.3. The second-order valence-electron chi connectivity index (χ2n) is 3.59. The fourth-order valence-electron chi connectivity index (χ4n) is 1.51. The lowest BCUT2D eigenvalue weighted by atomic mass is 10.0. The van der Waals surface area contributed by atoms with Crippen molar-refractivity contribution in [1.82, 2.24) is 0 Å². The van der Waals surface area contributed by atoms with Gasteiger partial charge in [0.15, 0.2) is 0 Å². The third-order valence-electron chi connectivity index (χ3n) is 2.42. The number of aliphatic hydroxyl groups is 1. The molecule has 2 aromatic rings. The third-order valence-corrected chi connectivity index (χ3v) is 2.42. The maximum atomic E-state index is 10.0. The molecular formula is C13H12O3. The van der Waals surface area contributed by atoms with Crippen LogP contribution in [0.25, 0.3) is 0 Å². The molecule has 82 valence electrons. The molecule has 0 saturated heterocycles. The first-order chi connectivity index (χ1) is 7.66. The van der Waals surface area contributed by atoms with Gasteiger partial charge in [0.25, 0.3) is 0 Å². The standard InChI is InChI=1S/C13H12O3/c14-11-5-1-9(2-6-11)13(16)10-3-7-12(15)8-4-10/h1-8,13-16H. The number of phenols is 2. The van der Waals surface area contributed by atoms with Gasteiger partial charge < -0.3 is 15.3 Å². The zero-order valence-electron chi connectivity index (χ0n) is 8.54. The molecule has 0 aliphatic heterocycles. The van der Waals surface area contributed by atoms with Crippen LogP contribution in [0.1, 0.15) is 17.2 Å². The van der Waals surface area contributed by atoms with Crippen LogP contribution in [0, 0.1) is 0 Å². The Morgan fingerprint density at radius 3 is 1.25 bits per heavy atom. The molecule has 0 atom stereocenters. The summed E-state index contributed by atoms with van der Waals surface area (Å²) in [5.74, 6) is 0.336. The third kappa shape index (κ3) is 2.15. The lowest BCUT2D eigenvalue weighted by molar-refractivity contribution is 0.220. The fourth-order valence-corrected chi connectivity index (χ4v) is 1.51. The summed E-state index contributed by atoms with van der Waals surface area (Å²) >= 11 is 0. The molecule has 3 nitrogen and oxygen atoms in total. The Hall–Kier alpha value is -2.00. The van der Waals surface area contributed by atoms with Crippen LogP contribution < -0.4 is 0 Å². The molecule has 0 radical (unpaired) electrons. The predicted molar refractivity (Wildman–Crippen MR) is 60.3 cm³/mol. The summed E-state index contributed by atoms with van der Waals surface area (Å²) < 4.78 is 0. The van der Waals surface area contributed by atoms with Gasteiger partial charge in [0.05, 0.1) is 0 Å². The van der Waals surface area contributed by atoms with Gasteiger partial charge in [0.2, 0.25) is 0 Å². The summed E-state index contributed by atoms with van der Waals surface area (Å²) in [6.45, 7) is 0. The van der Waals surface area contributed by atoms with E-state index < -0.39 is 6.10 Å². The van der Waals surface area contributed by atoms with E-state index in [0.717, 1.165) is 0 Å². The highest BCUT2D eigenvalue weighted by molar-refractivity contribution is 5.35. The van der Waals surface area contributed by atoms with Crippen LogP contribution >= 0.6 is 0 Å². The van der Waals surface area contributed by atoms with Crippen LogP contribution in [0.15, 0.2) is 48.5 Å². The number of aromatic hydroxyl groups is 2. The first kappa shape index (κ1) is 10.5. The number of aliphatic hydroxyl groups excluding tert-OH is 1. The summed E-state index contributed by atoms with van der Waals surface area (Å²) in [5, 5.41) is 28.3. The molecule has 0 aliphatic carbocycles. The molecule has 0 aromatic heterocycles. The highest BCUT2D eigenvalue weighted by Crippen LogP contribution is 2.24. The second kappa shape index (κ2) is 4.24. The fraction of sp³-hybridized carbons (Fsp3) is 0.0769. The molecule has 0 unspecified atom stereocenters. The van der Waals surface area contributed by atoms with E-state index in [2.05, 4.69) is 0 Å². The molecule has 0 fully saturated rings. The number of benzene rings is 2. The van der Waals surface area contributed by atoms with Gasteiger partial charge in [0.1, 0.15) is 17.6 Å². The second-order valence-corrected chi connectivity index (χ2v) is 3.59. The molecule has 0 aliphatic rings. The van der Waals surface area contributed by atoms with Crippen molar-refractivity contribution in [2.24, 2.45) is 0 Å². The van der Waals surface area contributed by atoms with Crippen LogP contribution in [0.3, 0.4) is 0 Å². The van der Waals surface area contributed by atoms with Gasteiger partial charge in [-0.3, -0.25) is 0 Å². The summed E-state index contributed by atoms with van der Waals surface area (Å²) in [5.41, 5.74) is 1.40. The van der Waals surface area contributed by atoms with Gasteiger partial charge in [-0.25, -0.2) is 0 Å². The monoisotopic (exact) mass is 216 g/mol. The molecule has 3 N–H and O–H groups in total. The molecule has 0 amide bonds. The van der Waals surface area contributed by atoms with Crippen molar-refractivity contribution in [3.63, 3.8) is 0 Å². The molecule has 0 bridgehead atoms. The quantitative estimate of drug-likeness (QED) is 0.721. The first-order valence-electron chi connectivity index (χ1n) is 4.93. The van der Waals surface area contributed by atoms with Crippen molar-refractivity contribution in [2.45, 2.75) is 6.10 Å². The van der Waals surface area contributed by atoms with E-state index in [1.165, 1.54) is 24.3 Å². The Kier molecular flexibility index (Phi) is 2.79. The maximum Gasteiger partial charge on any atom is 0.115 e. The highest BCUT2D eigenvalue weighted by Gasteiger charge is 2.09. The molecule has 3 heteroatoms. The SMILES string of the molecule is Oc1ccc(C(O)c2ccc(O)cc2)cc1. The van der Waals surface area contributed by atoms with E-state index in [-0.39, 0.29) is 11.5 Å². The largest absolute Gasteiger partial charge is 0.508 e. The average molecular weight is 216 g/mol. The molecule has 2 aromatic carbocycles. The van der Waals surface area contributed by atoms with Crippen LogP contribution in [-0.4, -0.2) is 15.3 Å². The van der Waals surface area contributed by atoms with Crippen molar-refractivity contribution in [2.75, 3.05) is 0 Å². The zero-order valence-corrected chi connectivity index (χ0v) is 8.54. The molecule has 0 saturated carbocycles. The van der Waals surface area contributed by atoms with E-state index in [0.29, 0.717) is 11.1 Å². The van der Waals surface area contributed by atoms with Crippen LogP contribution in [-0.2, 0) is 0 Å². The van der Waals surface area contributed by atoms with Gasteiger partial charge in [-0.2, -0.15) is 0 Å². The summed E-state index contributed by atoms with van der Waals surface area (Å²) in [6, 6.07) is 12.7.